The Morgan fingerprint density at radius 2 is 2.07 bits per heavy atom. The first-order chi connectivity index (χ1) is 13.5. The van der Waals surface area contributed by atoms with Gasteiger partial charge in [-0.2, -0.15) is 0 Å². The van der Waals surface area contributed by atoms with Crippen LogP contribution in [-0.4, -0.2) is 17.4 Å². The maximum Gasteiger partial charge on any atom is 0.243 e. The van der Waals surface area contributed by atoms with E-state index >= 15 is 0 Å². The normalized spacial score (nSPS) is 46.1. The monoisotopic (exact) mass is 374 g/mol. The van der Waals surface area contributed by atoms with Crippen LogP contribution in [0.3, 0.4) is 0 Å². The van der Waals surface area contributed by atoms with Gasteiger partial charge in [0.1, 0.15) is 0 Å². The van der Waals surface area contributed by atoms with E-state index in [1.165, 1.54) is 36.8 Å². The standard InChI is InChI=1S/C25H30N2O/c1-24-8-7-20-23(19(24)6-5-18(24)15-4-3-10-26-14-15)17-12-16(17)21-13-22(28)27-11-9-25(20,21)2/h3-5,10,13-14,16-17,19-20,23H,6-9,11-12H2,1-2H3,(H,27,28)/t16?,17?,19-,20-,23-,24+,25+/m0/s1. The molecule has 28 heavy (non-hydrogen) atoms. The molecule has 6 rings (SSSR count). The van der Waals surface area contributed by atoms with Crippen molar-refractivity contribution in [3.8, 4) is 0 Å². The predicted octanol–water partition coefficient (Wildman–Crippen LogP) is 4.62. The molecule has 2 unspecified atom stereocenters. The highest BCUT2D eigenvalue weighted by molar-refractivity contribution is 5.89. The summed E-state index contributed by atoms with van der Waals surface area (Å²) in [4.78, 5) is 16.6. The van der Waals surface area contributed by atoms with E-state index in [0.29, 0.717) is 5.92 Å². The lowest BCUT2D eigenvalue weighted by molar-refractivity contribution is -0.116. The second-order valence-electron chi connectivity index (χ2n) is 10.4. The van der Waals surface area contributed by atoms with Gasteiger partial charge in [-0.25, -0.2) is 0 Å². The van der Waals surface area contributed by atoms with Crippen LogP contribution in [0.5, 0.6) is 0 Å². The zero-order chi connectivity index (χ0) is 19.1. The predicted molar refractivity (Wildman–Crippen MR) is 110 cm³/mol. The molecule has 3 fully saturated rings. The number of hydrogen-bond acceptors (Lipinski definition) is 2. The Hall–Kier alpha value is -1.90. The van der Waals surface area contributed by atoms with Gasteiger partial charge in [0.15, 0.2) is 0 Å². The Morgan fingerprint density at radius 1 is 1.18 bits per heavy atom. The van der Waals surface area contributed by atoms with Crippen molar-refractivity contribution in [2.75, 3.05) is 6.54 Å². The van der Waals surface area contributed by atoms with E-state index in [9.17, 15) is 4.79 Å². The molecule has 3 heteroatoms. The Bertz CT molecular complexity index is 902. The molecule has 4 aliphatic carbocycles. The van der Waals surface area contributed by atoms with Crippen LogP contribution < -0.4 is 5.32 Å². The van der Waals surface area contributed by atoms with E-state index in [0.717, 1.165) is 36.6 Å². The zero-order valence-corrected chi connectivity index (χ0v) is 16.9. The first-order valence-corrected chi connectivity index (χ1v) is 11.1. The second-order valence-corrected chi connectivity index (χ2v) is 10.4. The summed E-state index contributed by atoms with van der Waals surface area (Å²) in [5.41, 5.74) is 4.86. The van der Waals surface area contributed by atoms with Crippen molar-refractivity contribution in [3.05, 3.63) is 47.8 Å². The Balaban J connectivity index is 1.39. The minimum atomic E-state index is 0.143. The van der Waals surface area contributed by atoms with E-state index in [1.54, 1.807) is 5.57 Å². The van der Waals surface area contributed by atoms with Crippen LogP contribution in [0, 0.1) is 40.4 Å². The highest BCUT2D eigenvalue weighted by atomic mass is 16.1. The zero-order valence-electron chi connectivity index (χ0n) is 16.9. The van der Waals surface area contributed by atoms with Gasteiger partial charge in [0.25, 0.3) is 0 Å². The molecule has 0 saturated heterocycles. The Kier molecular flexibility index (Phi) is 3.39. The molecule has 0 radical (unpaired) electrons. The topological polar surface area (TPSA) is 42.0 Å². The van der Waals surface area contributed by atoms with E-state index in [4.69, 9.17) is 0 Å². The maximum atomic E-state index is 12.2. The summed E-state index contributed by atoms with van der Waals surface area (Å²) in [6.07, 6.45) is 14.7. The number of hydrogen-bond donors (Lipinski definition) is 1. The molecule has 5 aliphatic rings. The van der Waals surface area contributed by atoms with Gasteiger partial charge in [-0.15, -0.1) is 0 Å². The summed E-state index contributed by atoms with van der Waals surface area (Å²) in [6.45, 7) is 5.85. The van der Waals surface area contributed by atoms with Crippen LogP contribution in [0.1, 0.15) is 51.5 Å². The minimum Gasteiger partial charge on any atom is -0.353 e. The fourth-order valence-corrected chi connectivity index (χ4v) is 7.95. The number of amides is 1. The van der Waals surface area contributed by atoms with Crippen LogP contribution >= 0.6 is 0 Å². The van der Waals surface area contributed by atoms with Gasteiger partial charge in [0.05, 0.1) is 0 Å². The molecular weight excluding hydrogens is 344 g/mol. The van der Waals surface area contributed by atoms with Crippen LogP contribution in [0.25, 0.3) is 5.57 Å². The Labute approximate surface area is 167 Å². The highest BCUT2D eigenvalue weighted by Gasteiger charge is 2.66. The molecule has 146 valence electrons. The summed E-state index contributed by atoms with van der Waals surface area (Å²) < 4.78 is 0. The van der Waals surface area contributed by atoms with Crippen LogP contribution in [0.4, 0.5) is 0 Å². The molecule has 1 N–H and O–H groups in total. The average molecular weight is 375 g/mol. The van der Waals surface area contributed by atoms with E-state index < -0.39 is 0 Å². The summed E-state index contributed by atoms with van der Waals surface area (Å²) in [6, 6.07) is 4.31. The second kappa shape index (κ2) is 5.58. The third kappa shape index (κ3) is 2.11. The van der Waals surface area contributed by atoms with Gasteiger partial charge in [-0.05, 0) is 89.7 Å². The van der Waals surface area contributed by atoms with Crippen LogP contribution in [0.2, 0.25) is 0 Å². The van der Waals surface area contributed by atoms with Gasteiger partial charge in [-0.1, -0.05) is 31.6 Å². The largest absolute Gasteiger partial charge is 0.353 e. The molecule has 3 saturated carbocycles. The lowest BCUT2D eigenvalue weighted by atomic mass is 9.47. The smallest absolute Gasteiger partial charge is 0.243 e. The lowest BCUT2D eigenvalue weighted by Crippen LogP contribution is -2.50. The fourth-order valence-electron chi connectivity index (χ4n) is 7.95. The SMILES string of the molecule is C[C@]12CCNC(=O)C=C1C1CC1[C@@H]1[C@@H]2CC[C@]2(C)C(c3cccnc3)=CC[C@@H]12. The number of aromatic nitrogens is 1. The van der Waals surface area contributed by atoms with Crippen molar-refractivity contribution < 1.29 is 4.79 Å². The first kappa shape index (κ1) is 17.0. The number of pyridine rings is 1. The van der Waals surface area contributed by atoms with E-state index in [2.05, 4.69) is 48.6 Å². The number of carbonyl (C=O) groups is 1. The van der Waals surface area contributed by atoms with Gasteiger partial charge >= 0.3 is 0 Å². The van der Waals surface area contributed by atoms with Gasteiger partial charge in [-0.3, -0.25) is 9.78 Å². The van der Waals surface area contributed by atoms with Gasteiger partial charge in [0.2, 0.25) is 5.91 Å². The fraction of sp³-hybridized carbons (Fsp3) is 0.600. The number of rotatable bonds is 1. The molecule has 1 amide bonds. The van der Waals surface area contributed by atoms with Gasteiger partial charge < -0.3 is 5.32 Å². The molecule has 3 nitrogen and oxygen atoms in total. The summed E-state index contributed by atoms with van der Waals surface area (Å²) in [7, 11) is 0. The number of nitrogens with one attached hydrogen (secondary N) is 1. The van der Waals surface area contributed by atoms with E-state index in [1.807, 2.05) is 12.3 Å². The first-order valence-electron chi connectivity index (χ1n) is 11.1. The molecule has 1 aromatic rings. The average Bonchev–Trinajstić information content (AvgIpc) is 3.41. The van der Waals surface area contributed by atoms with Crippen molar-refractivity contribution >= 4 is 11.5 Å². The summed E-state index contributed by atoms with van der Waals surface area (Å²) >= 11 is 0. The maximum absolute atomic E-state index is 12.2. The van der Waals surface area contributed by atoms with Crippen molar-refractivity contribution in [2.24, 2.45) is 40.4 Å². The number of allylic oxidation sites excluding steroid dienone is 3. The summed E-state index contributed by atoms with van der Waals surface area (Å²) in [5, 5.41) is 3.11. The molecule has 0 aromatic carbocycles. The van der Waals surface area contributed by atoms with Crippen molar-refractivity contribution in [2.45, 2.75) is 46.0 Å². The molecule has 1 aromatic heterocycles. The molecular formula is C25H30N2O. The van der Waals surface area contributed by atoms with E-state index in [-0.39, 0.29) is 16.7 Å². The lowest BCUT2D eigenvalue weighted by Gasteiger charge is -2.56. The molecule has 7 atom stereocenters. The molecule has 1 aliphatic heterocycles. The van der Waals surface area contributed by atoms with Gasteiger partial charge in [0, 0.05) is 25.0 Å². The van der Waals surface area contributed by atoms with Crippen LogP contribution in [0.15, 0.2) is 42.3 Å². The van der Waals surface area contributed by atoms with Crippen molar-refractivity contribution in [1.29, 1.82) is 0 Å². The molecule has 0 spiro atoms. The third-order valence-corrected chi connectivity index (χ3v) is 9.33. The van der Waals surface area contributed by atoms with Crippen LogP contribution in [-0.2, 0) is 4.79 Å². The quantitative estimate of drug-likeness (QED) is 0.779. The number of carbonyl (C=O) groups excluding carboxylic acids is 1. The summed E-state index contributed by atoms with van der Waals surface area (Å²) in [5.74, 6) is 3.91. The number of fused-ring (bicyclic) bond motifs is 8. The van der Waals surface area contributed by atoms with Crippen molar-refractivity contribution in [1.82, 2.24) is 10.3 Å². The molecule has 2 heterocycles. The molecule has 0 bridgehead atoms. The highest BCUT2D eigenvalue weighted by Crippen LogP contribution is 2.73. The third-order valence-electron chi connectivity index (χ3n) is 9.33. The van der Waals surface area contributed by atoms with Crippen molar-refractivity contribution in [3.63, 3.8) is 0 Å². The number of nitrogens with zero attached hydrogens (tertiary/aromatic N) is 1. The Morgan fingerprint density at radius 3 is 2.89 bits per heavy atom. The minimum absolute atomic E-state index is 0.143.